The molecule has 0 spiro atoms. The lowest BCUT2D eigenvalue weighted by molar-refractivity contribution is -0.863. The molecule has 2 aromatic rings. The summed E-state index contributed by atoms with van der Waals surface area (Å²) in [5, 5.41) is 12.1. The summed E-state index contributed by atoms with van der Waals surface area (Å²) < 4.78 is 69.3. The summed E-state index contributed by atoms with van der Waals surface area (Å²) in [6, 6.07) is 12.3. The van der Waals surface area contributed by atoms with Crippen LogP contribution in [0.3, 0.4) is 0 Å². The molecular formula is C28H37N2O8S2+. The highest BCUT2D eigenvalue weighted by Gasteiger charge is 2.60. The minimum Gasteiger partial charge on any atom is -0.481 e. The number of carboxylic acid groups (broad SMARTS) is 1. The second-order valence-electron chi connectivity index (χ2n) is 10.1. The maximum atomic E-state index is 12.7. The van der Waals surface area contributed by atoms with E-state index in [0.717, 1.165) is 11.8 Å². The first-order valence-electron chi connectivity index (χ1n) is 13.1. The number of para-hydroxylation sites is 1. The number of carbonyl (C=O) groups is 1. The van der Waals surface area contributed by atoms with E-state index in [9.17, 15) is 35.8 Å². The van der Waals surface area contributed by atoms with Gasteiger partial charge in [-0.2, -0.15) is 16.8 Å². The summed E-state index contributed by atoms with van der Waals surface area (Å²) in [4.78, 5) is 12.6. The van der Waals surface area contributed by atoms with Crippen molar-refractivity contribution in [2.75, 3.05) is 5.32 Å². The van der Waals surface area contributed by atoms with Crippen molar-refractivity contribution in [1.29, 1.82) is 0 Å². The van der Waals surface area contributed by atoms with Gasteiger partial charge in [-0.1, -0.05) is 51.0 Å². The van der Waals surface area contributed by atoms with Crippen LogP contribution in [0.25, 0.3) is 0 Å². The maximum Gasteiger partial charge on any atom is 0.319 e. The number of rotatable bonds is 13. The smallest absolute Gasteiger partial charge is 0.319 e. The first-order valence-corrected chi connectivity index (χ1v) is 16.0. The summed E-state index contributed by atoms with van der Waals surface area (Å²) in [6.45, 7) is 5.20. The van der Waals surface area contributed by atoms with Gasteiger partial charge < -0.3 is 10.4 Å². The SMILES string of the molecule is CCCCC(C(=O)O)C1(C)c2cc(S(=O)(=O)O)ccc2[NH+](C(CC)S(=O)(=O)O)C1/C=C/C=C/Nc1ccccc1. The van der Waals surface area contributed by atoms with Crippen molar-refractivity contribution >= 4 is 37.6 Å². The van der Waals surface area contributed by atoms with Crippen LogP contribution in [-0.2, 0) is 30.4 Å². The van der Waals surface area contributed by atoms with Gasteiger partial charge in [0.05, 0.1) is 16.2 Å². The molecule has 0 aromatic heterocycles. The third kappa shape index (κ3) is 6.64. The van der Waals surface area contributed by atoms with Crippen LogP contribution in [0.15, 0.2) is 77.9 Å². The number of hydrogen-bond acceptors (Lipinski definition) is 6. The second kappa shape index (κ2) is 12.6. The normalized spacial score (nSPS) is 22.8. The molecule has 0 saturated heterocycles. The fourth-order valence-corrected chi connectivity index (χ4v) is 7.23. The van der Waals surface area contributed by atoms with Crippen LogP contribution in [0.2, 0.25) is 0 Å². The van der Waals surface area contributed by atoms with E-state index < -0.39 is 53.8 Å². The molecule has 0 bridgehead atoms. The van der Waals surface area contributed by atoms with Crippen LogP contribution in [0.4, 0.5) is 11.4 Å². The van der Waals surface area contributed by atoms with Crippen molar-refractivity contribution in [1.82, 2.24) is 0 Å². The van der Waals surface area contributed by atoms with Gasteiger partial charge in [0.1, 0.15) is 11.7 Å². The summed E-state index contributed by atoms with van der Waals surface area (Å²) in [6.07, 6.45) is 8.27. The number of hydrogen-bond donors (Lipinski definition) is 5. The van der Waals surface area contributed by atoms with Gasteiger partial charge >= 0.3 is 16.1 Å². The zero-order valence-electron chi connectivity index (χ0n) is 22.7. The molecule has 2 aromatic carbocycles. The number of fused-ring (bicyclic) bond motifs is 1. The van der Waals surface area contributed by atoms with Crippen molar-refractivity contribution < 1.29 is 40.7 Å². The topological polar surface area (TPSA) is 163 Å². The van der Waals surface area contributed by atoms with Gasteiger partial charge in [0.25, 0.3) is 10.1 Å². The Balaban J connectivity index is 2.24. The zero-order chi connectivity index (χ0) is 29.7. The monoisotopic (exact) mass is 593 g/mol. The van der Waals surface area contributed by atoms with Crippen molar-refractivity contribution in [3.63, 3.8) is 0 Å². The van der Waals surface area contributed by atoms with E-state index in [1.807, 2.05) is 37.3 Å². The van der Waals surface area contributed by atoms with Crippen molar-refractivity contribution in [2.45, 2.75) is 68.2 Å². The molecule has 1 aliphatic rings. The molecule has 5 atom stereocenters. The van der Waals surface area contributed by atoms with Gasteiger partial charge in [0.15, 0.2) is 0 Å². The molecule has 1 aliphatic heterocycles. The van der Waals surface area contributed by atoms with Gasteiger partial charge in [-0.3, -0.25) is 18.8 Å². The summed E-state index contributed by atoms with van der Waals surface area (Å²) in [5.74, 6) is -2.14. The van der Waals surface area contributed by atoms with Crippen LogP contribution in [0.5, 0.6) is 0 Å². The van der Waals surface area contributed by atoms with Crippen molar-refractivity contribution in [3.8, 4) is 0 Å². The van der Waals surface area contributed by atoms with Crippen LogP contribution in [0, 0.1) is 5.92 Å². The van der Waals surface area contributed by atoms with E-state index in [-0.39, 0.29) is 17.7 Å². The quantitative estimate of drug-likeness (QED) is 0.172. The highest BCUT2D eigenvalue weighted by Crippen LogP contribution is 2.46. The Morgan fingerprint density at radius 1 is 1.07 bits per heavy atom. The van der Waals surface area contributed by atoms with Gasteiger partial charge in [0, 0.05) is 29.9 Å². The highest BCUT2D eigenvalue weighted by atomic mass is 32.2. The first-order chi connectivity index (χ1) is 18.8. The molecule has 10 nitrogen and oxygen atoms in total. The van der Waals surface area contributed by atoms with Crippen molar-refractivity contribution in [3.05, 3.63) is 78.5 Å². The number of carboxylic acids is 1. The van der Waals surface area contributed by atoms with E-state index in [0.29, 0.717) is 24.1 Å². The fraction of sp³-hybridized carbons (Fsp3) is 0.393. The minimum atomic E-state index is -4.64. The van der Waals surface area contributed by atoms with Gasteiger partial charge in [0.2, 0.25) is 5.37 Å². The van der Waals surface area contributed by atoms with E-state index in [1.54, 1.807) is 38.3 Å². The number of nitrogens with one attached hydrogen (secondary N) is 2. The molecule has 0 fully saturated rings. The van der Waals surface area contributed by atoms with Crippen molar-refractivity contribution in [2.24, 2.45) is 5.92 Å². The molecule has 0 radical (unpaired) electrons. The first kappa shape index (κ1) is 31.5. The fourth-order valence-electron chi connectivity index (χ4n) is 5.71. The second-order valence-corrected chi connectivity index (χ2v) is 13.1. The Bertz CT molecular complexity index is 1470. The maximum absolute atomic E-state index is 12.7. The number of anilines is 1. The summed E-state index contributed by atoms with van der Waals surface area (Å²) >= 11 is 0. The summed E-state index contributed by atoms with van der Waals surface area (Å²) in [7, 11) is -9.25. The van der Waals surface area contributed by atoms with E-state index in [1.165, 1.54) is 12.1 Å². The Morgan fingerprint density at radius 2 is 1.75 bits per heavy atom. The molecule has 218 valence electrons. The molecule has 3 rings (SSSR count). The van der Waals surface area contributed by atoms with Crippen LogP contribution >= 0.6 is 0 Å². The predicted octanol–water partition coefficient (Wildman–Crippen LogP) is 3.79. The number of unbranched alkanes of at least 4 members (excludes halogenated alkanes) is 1. The molecule has 1 heterocycles. The highest BCUT2D eigenvalue weighted by molar-refractivity contribution is 7.86. The van der Waals surface area contributed by atoms with E-state index in [2.05, 4.69) is 5.32 Å². The number of aliphatic carboxylic acids is 1. The number of benzene rings is 2. The average molecular weight is 594 g/mol. The van der Waals surface area contributed by atoms with Crippen LogP contribution < -0.4 is 10.2 Å². The standard InChI is InChI=1S/C28H36N2O8S2/c1-4-6-14-22(27(31)32)28(3)23-19-21(39(33,34)35)16-17-24(23)30(26(5-2)40(36,37)38)25(28)15-10-11-18-29-20-12-8-7-9-13-20/h7-13,15-19,22,25-26,29H,4-6,14H2,1-3H3,(H,31,32)(H,33,34,35)(H,36,37,38)/p+1/b15-10+,18-11+. The number of quaternary nitrogens is 1. The molecule has 12 heteroatoms. The molecular weight excluding hydrogens is 556 g/mol. The molecule has 5 unspecified atom stereocenters. The Labute approximate surface area is 235 Å². The lowest BCUT2D eigenvalue weighted by Crippen LogP contribution is -3.15. The molecule has 0 aliphatic carbocycles. The third-order valence-electron chi connectivity index (χ3n) is 7.64. The molecule has 0 amide bonds. The van der Waals surface area contributed by atoms with Gasteiger partial charge in [-0.05, 0) is 49.8 Å². The zero-order valence-corrected chi connectivity index (χ0v) is 24.3. The largest absolute Gasteiger partial charge is 0.481 e. The third-order valence-corrected chi connectivity index (χ3v) is 9.80. The molecule has 5 N–H and O–H groups in total. The van der Waals surface area contributed by atoms with E-state index >= 15 is 0 Å². The average Bonchev–Trinajstić information content (AvgIpc) is 3.11. The number of allylic oxidation sites excluding steroid dienone is 2. The van der Waals surface area contributed by atoms with Crippen LogP contribution in [0.1, 0.15) is 52.0 Å². The Hall–Kier alpha value is -3.03. The Morgan fingerprint density at radius 3 is 2.30 bits per heavy atom. The van der Waals surface area contributed by atoms with Gasteiger partial charge in [-0.15, -0.1) is 0 Å². The lowest BCUT2D eigenvalue weighted by atomic mass is 9.66. The van der Waals surface area contributed by atoms with Crippen LogP contribution in [-0.4, -0.2) is 48.4 Å². The Kier molecular flexibility index (Phi) is 9.96. The summed E-state index contributed by atoms with van der Waals surface area (Å²) in [5.41, 5.74) is 0.187. The molecule has 0 saturated carbocycles. The van der Waals surface area contributed by atoms with E-state index in [4.69, 9.17) is 0 Å². The predicted molar refractivity (Wildman–Crippen MR) is 153 cm³/mol. The van der Waals surface area contributed by atoms with Gasteiger partial charge in [-0.25, -0.2) is 0 Å². The molecule has 40 heavy (non-hydrogen) atoms. The lowest BCUT2D eigenvalue weighted by Gasteiger charge is -2.37. The minimum absolute atomic E-state index is 0.00613.